The summed E-state index contributed by atoms with van der Waals surface area (Å²) >= 11 is 3.69. The van der Waals surface area contributed by atoms with Crippen LogP contribution in [0.1, 0.15) is 24.0 Å². The Balaban J connectivity index is 2.05. The Bertz CT molecular complexity index is 413. The molecule has 0 saturated heterocycles. The zero-order valence-corrected chi connectivity index (χ0v) is 12.5. The number of rotatable bonds is 7. The van der Waals surface area contributed by atoms with Crippen molar-refractivity contribution in [2.45, 2.75) is 32.0 Å². The molecule has 1 aliphatic carbocycles. The maximum atomic E-state index is 3.85. The lowest BCUT2D eigenvalue weighted by molar-refractivity contribution is 0.283. The van der Waals surface area contributed by atoms with Crippen molar-refractivity contribution in [2.75, 3.05) is 13.6 Å². The summed E-state index contributed by atoms with van der Waals surface area (Å²) in [7, 11) is 1.97. The third-order valence-corrected chi connectivity index (χ3v) is 4.04. The molecule has 0 spiro atoms. The number of hydrogen-bond donors (Lipinski definition) is 1. The van der Waals surface area contributed by atoms with E-state index in [4.69, 9.17) is 0 Å². The highest BCUT2D eigenvalue weighted by Gasteiger charge is 2.28. The topological polar surface area (TPSA) is 15.3 Å². The highest BCUT2D eigenvalue weighted by molar-refractivity contribution is 9.10. The molecule has 0 atom stereocenters. The molecule has 1 saturated carbocycles. The number of nitrogens with zero attached hydrogens (tertiary/aromatic N) is 1. The quantitative estimate of drug-likeness (QED) is 0.777. The molecular formula is C15H21BrN2. The Hall–Kier alpha value is -0.640. The van der Waals surface area contributed by atoms with E-state index in [2.05, 4.69) is 50.9 Å². The molecule has 0 heterocycles. The van der Waals surface area contributed by atoms with Crippen molar-refractivity contribution < 1.29 is 0 Å². The standard InChI is InChI=1S/C15H21BrN2/c1-3-8-18(14-6-7-14)11-13-5-4-12(10-17-2)9-15(13)16/h3-5,9,14,17H,1,6-8,10-11H2,2H3. The van der Waals surface area contributed by atoms with Gasteiger partial charge in [-0.15, -0.1) is 6.58 Å². The van der Waals surface area contributed by atoms with Crippen LogP contribution in [0.5, 0.6) is 0 Å². The molecule has 3 heteroatoms. The summed E-state index contributed by atoms with van der Waals surface area (Å²) in [6.07, 6.45) is 4.67. The fourth-order valence-corrected chi connectivity index (χ4v) is 2.75. The maximum absolute atomic E-state index is 3.85. The minimum Gasteiger partial charge on any atom is -0.316 e. The van der Waals surface area contributed by atoms with Gasteiger partial charge < -0.3 is 5.32 Å². The van der Waals surface area contributed by atoms with Gasteiger partial charge in [-0.05, 0) is 37.1 Å². The molecule has 0 aliphatic heterocycles. The molecule has 98 valence electrons. The number of hydrogen-bond acceptors (Lipinski definition) is 2. The van der Waals surface area contributed by atoms with Gasteiger partial charge in [0, 0.05) is 30.1 Å². The van der Waals surface area contributed by atoms with Crippen molar-refractivity contribution in [2.24, 2.45) is 0 Å². The van der Waals surface area contributed by atoms with Crippen LogP contribution in [0.15, 0.2) is 35.3 Å². The van der Waals surface area contributed by atoms with Gasteiger partial charge in [0.15, 0.2) is 0 Å². The van der Waals surface area contributed by atoms with Gasteiger partial charge in [0.1, 0.15) is 0 Å². The first-order valence-corrected chi connectivity index (χ1v) is 7.30. The molecule has 2 rings (SSSR count). The summed E-state index contributed by atoms with van der Waals surface area (Å²) < 4.78 is 1.21. The smallest absolute Gasteiger partial charge is 0.0251 e. The number of halogens is 1. The van der Waals surface area contributed by atoms with E-state index in [9.17, 15) is 0 Å². The first kappa shape index (κ1) is 13.8. The lowest BCUT2D eigenvalue weighted by Gasteiger charge is -2.21. The van der Waals surface area contributed by atoms with E-state index < -0.39 is 0 Å². The summed E-state index contributed by atoms with van der Waals surface area (Å²) in [6.45, 7) is 6.76. The second kappa shape index (κ2) is 6.50. The van der Waals surface area contributed by atoms with Crippen LogP contribution in [-0.4, -0.2) is 24.5 Å². The van der Waals surface area contributed by atoms with Crippen LogP contribution in [0.3, 0.4) is 0 Å². The summed E-state index contributed by atoms with van der Waals surface area (Å²) in [6, 6.07) is 7.42. The van der Waals surface area contributed by atoms with Gasteiger partial charge in [0.2, 0.25) is 0 Å². The minimum atomic E-state index is 0.770. The normalized spacial score (nSPS) is 15.1. The molecule has 0 radical (unpaired) electrons. The van der Waals surface area contributed by atoms with Crippen LogP contribution in [0.25, 0.3) is 0 Å². The van der Waals surface area contributed by atoms with Crippen LogP contribution in [-0.2, 0) is 13.1 Å². The molecule has 0 amide bonds. The van der Waals surface area contributed by atoms with Crippen molar-refractivity contribution >= 4 is 15.9 Å². The maximum Gasteiger partial charge on any atom is 0.0251 e. The summed E-state index contributed by atoms with van der Waals surface area (Å²) in [5, 5.41) is 3.18. The Labute approximate surface area is 118 Å². The summed E-state index contributed by atoms with van der Waals surface area (Å²) in [4.78, 5) is 2.50. The third-order valence-electron chi connectivity index (χ3n) is 3.30. The van der Waals surface area contributed by atoms with E-state index in [1.165, 1.54) is 28.4 Å². The average molecular weight is 309 g/mol. The van der Waals surface area contributed by atoms with Gasteiger partial charge in [-0.1, -0.05) is 34.1 Å². The van der Waals surface area contributed by atoms with Gasteiger partial charge in [0.25, 0.3) is 0 Å². The van der Waals surface area contributed by atoms with Crippen molar-refractivity contribution in [1.29, 1.82) is 0 Å². The highest BCUT2D eigenvalue weighted by atomic mass is 79.9. The van der Waals surface area contributed by atoms with Crippen molar-refractivity contribution in [3.63, 3.8) is 0 Å². The van der Waals surface area contributed by atoms with E-state index in [0.717, 1.165) is 25.7 Å². The van der Waals surface area contributed by atoms with Crippen LogP contribution in [0.2, 0.25) is 0 Å². The molecule has 1 aliphatic rings. The molecule has 18 heavy (non-hydrogen) atoms. The van der Waals surface area contributed by atoms with Crippen molar-refractivity contribution in [3.8, 4) is 0 Å². The summed E-state index contributed by atoms with van der Waals surface area (Å²) in [5.41, 5.74) is 2.68. The first-order valence-electron chi connectivity index (χ1n) is 6.51. The Morgan fingerprint density at radius 1 is 1.50 bits per heavy atom. The molecule has 1 fully saturated rings. The zero-order valence-electron chi connectivity index (χ0n) is 11.0. The average Bonchev–Trinajstić information content (AvgIpc) is 3.16. The second-order valence-corrected chi connectivity index (χ2v) is 5.76. The van der Waals surface area contributed by atoms with E-state index in [0.29, 0.717) is 0 Å². The monoisotopic (exact) mass is 308 g/mol. The Morgan fingerprint density at radius 3 is 2.83 bits per heavy atom. The Kier molecular flexibility index (Phi) is 4.98. The van der Waals surface area contributed by atoms with Gasteiger partial charge in [0.05, 0.1) is 0 Å². The van der Waals surface area contributed by atoms with Crippen molar-refractivity contribution in [1.82, 2.24) is 10.2 Å². The molecule has 1 aromatic carbocycles. The van der Waals surface area contributed by atoms with Gasteiger partial charge >= 0.3 is 0 Å². The van der Waals surface area contributed by atoms with Crippen LogP contribution < -0.4 is 5.32 Å². The van der Waals surface area contributed by atoms with E-state index in [1.807, 2.05) is 13.1 Å². The molecular weight excluding hydrogens is 288 g/mol. The fraction of sp³-hybridized carbons (Fsp3) is 0.467. The molecule has 0 aromatic heterocycles. The molecule has 0 unspecified atom stereocenters. The van der Waals surface area contributed by atoms with E-state index in [-0.39, 0.29) is 0 Å². The minimum absolute atomic E-state index is 0.770. The van der Waals surface area contributed by atoms with Gasteiger partial charge in [-0.2, -0.15) is 0 Å². The Morgan fingerprint density at radius 2 is 2.28 bits per heavy atom. The fourth-order valence-electron chi connectivity index (χ4n) is 2.20. The molecule has 1 N–H and O–H groups in total. The van der Waals surface area contributed by atoms with Crippen LogP contribution in [0, 0.1) is 0 Å². The highest BCUT2D eigenvalue weighted by Crippen LogP contribution is 2.30. The predicted molar refractivity (Wildman–Crippen MR) is 80.5 cm³/mol. The third kappa shape index (κ3) is 3.67. The molecule has 0 bridgehead atoms. The molecule has 1 aromatic rings. The van der Waals surface area contributed by atoms with E-state index >= 15 is 0 Å². The molecule has 2 nitrogen and oxygen atoms in total. The predicted octanol–water partition coefficient (Wildman–Crippen LogP) is 3.32. The lowest BCUT2D eigenvalue weighted by Crippen LogP contribution is -2.25. The lowest BCUT2D eigenvalue weighted by atomic mass is 10.1. The zero-order chi connectivity index (χ0) is 13.0. The van der Waals surface area contributed by atoms with Gasteiger partial charge in [-0.3, -0.25) is 4.90 Å². The number of benzene rings is 1. The van der Waals surface area contributed by atoms with Gasteiger partial charge in [-0.25, -0.2) is 0 Å². The second-order valence-electron chi connectivity index (χ2n) is 4.91. The SMILES string of the molecule is C=CCN(Cc1ccc(CNC)cc1Br)C1CC1. The largest absolute Gasteiger partial charge is 0.316 e. The number of nitrogens with one attached hydrogen (secondary N) is 1. The van der Waals surface area contributed by atoms with Crippen LogP contribution >= 0.6 is 15.9 Å². The first-order chi connectivity index (χ1) is 8.74. The van der Waals surface area contributed by atoms with E-state index in [1.54, 1.807) is 0 Å². The van der Waals surface area contributed by atoms with Crippen LogP contribution in [0.4, 0.5) is 0 Å². The van der Waals surface area contributed by atoms with Crippen molar-refractivity contribution in [3.05, 3.63) is 46.5 Å². The summed E-state index contributed by atoms with van der Waals surface area (Å²) in [5.74, 6) is 0.